The number of hydrogen-bond acceptors (Lipinski definition) is 21. The predicted molar refractivity (Wildman–Crippen MR) is 394 cm³/mol. The minimum atomic E-state index is -1.56. The highest BCUT2D eigenvalue weighted by Gasteiger charge is 2.50. The Morgan fingerprint density at radius 1 is 0.494 bits per heavy atom. The number of carbonyl (C=O) groups is 7. The second kappa shape index (κ2) is 34.4. The summed E-state index contributed by atoms with van der Waals surface area (Å²) in [4.78, 5) is 80.0. The van der Waals surface area contributed by atoms with Crippen LogP contribution in [0.25, 0.3) is 22.3 Å². The monoisotopic (exact) mass is 1480 g/mol. The SMILES string of the molecule is CC(=O)NCCc1ccc(OC2O[C@H](CO)[C@H](O)[C@H](O)[C@H]2O)cc1-c1cccc(F)c1.CC[C@H]1OC(Oc2ccc(CCNC(C)=O)c(-c3cccc(F)c3)c2)[C@H](OC(C)=O)[C@@H](OC(C)=O)[C@H]1C.CC[C@H]1O[C@@H](OC(C)=O)[C@H](OC(C)=O)[C@@H](OC(C)=O)[C@H]1C.[3HH].[3H][3H].[3H][3H].[3H][3H].[3H][3H].[3H][3H].[3H][3H].[3H][3H].[3H][3H].[3H][3H].[3H][3H].[3H][3H].[3H][3H].[3H][3H].[3H][3H].[3H][3H].[3H][3H].[3H][3H].[3H][3H].[3H][3H].[3H][3H].[3H][3H].[3H][3H].[3H][3H].[3H][3H].[3H][3H].[3H][3H].[3H][3H].[3H][3H].[3H][3H].[3H][3H].[3H][3H].[3H][3H].[3H][3H].[3H][3H].[3H][3H].[3H][3H].[3H][3H]. The number of amides is 2. The van der Waals surface area contributed by atoms with E-state index >= 15 is 0 Å². The van der Waals surface area contributed by atoms with Gasteiger partial charge in [-0.2, -0.15) is 0 Å². The lowest BCUT2D eigenvalue weighted by atomic mass is 9.89. The summed E-state index contributed by atoms with van der Waals surface area (Å²) in [5, 5.41) is 44.9. The zero-order valence-electron chi connectivity index (χ0n) is 126. The number of rotatable bonds is 20. The van der Waals surface area contributed by atoms with Crippen LogP contribution in [0.2, 0.25) is 0 Å². The van der Waals surface area contributed by atoms with E-state index in [-0.39, 0.29) is 48.9 Å². The zero-order chi connectivity index (χ0) is 140. The van der Waals surface area contributed by atoms with Gasteiger partial charge in [-0.25, -0.2) is 8.78 Å². The molecule has 2 amide bonds. The van der Waals surface area contributed by atoms with Crippen LogP contribution in [0.15, 0.2) is 84.9 Å². The Hall–Kier alpha value is -7.65. The Balaban J connectivity index is -0.0000000378. The summed E-state index contributed by atoms with van der Waals surface area (Å²) in [6.07, 6.45) is -10.9. The molecule has 4 aromatic carbocycles. The summed E-state index contributed by atoms with van der Waals surface area (Å²) in [5.41, 5.74) is 4.33. The molecule has 3 heterocycles. The summed E-state index contributed by atoms with van der Waals surface area (Å²) in [6, 6.07) is 22.5. The van der Waals surface area contributed by atoms with Gasteiger partial charge in [0.1, 0.15) is 59.8 Å². The molecule has 3 aliphatic rings. The number of carbonyl (C=O) groups excluding carboxylic acids is 7. The van der Waals surface area contributed by atoms with Gasteiger partial charge in [0.05, 0.1) is 18.8 Å². The van der Waals surface area contributed by atoms with Gasteiger partial charge in [0.2, 0.25) is 42.9 Å². The van der Waals surface area contributed by atoms with E-state index in [0.717, 1.165) is 16.7 Å². The molecule has 7 rings (SSSR count). The molecular weight excluding hydrogens is 1170 g/mol. The zero-order valence-corrected chi connectivity index (χ0v) is 51.7. The summed E-state index contributed by atoms with van der Waals surface area (Å²) in [5.74, 6) is -3.55. The molecule has 3 fully saturated rings. The molecule has 15 atom stereocenters. The van der Waals surface area contributed by atoms with E-state index < -0.39 is 110 Å². The maximum atomic E-state index is 14.1. The third-order valence-electron chi connectivity index (χ3n) is 14.6. The molecule has 2 unspecified atom stereocenters. The topological polar surface area (TPSA) is 317 Å². The van der Waals surface area contributed by atoms with E-state index in [9.17, 15) is 62.8 Å². The Morgan fingerprint density at radius 2 is 0.876 bits per heavy atom. The van der Waals surface area contributed by atoms with Crippen LogP contribution in [-0.2, 0) is 84.3 Å². The third-order valence-corrected chi connectivity index (χ3v) is 14.6. The summed E-state index contributed by atoms with van der Waals surface area (Å²) in [6.45, 7) is 17.0. The van der Waals surface area contributed by atoms with Crippen molar-refractivity contribution in [3.8, 4) is 33.8 Å². The van der Waals surface area contributed by atoms with E-state index in [2.05, 4.69) is 10.6 Å². The molecule has 3 aliphatic heterocycles. The van der Waals surface area contributed by atoms with Gasteiger partial charge >= 0.3 is 29.8 Å². The van der Waals surface area contributed by atoms with Crippen LogP contribution in [0.1, 0.15) is 211 Å². The molecule has 0 spiro atoms. The maximum Gasteiger partial charge on any atom is 0.305 e. The summed E-state index contributed by atoms with van der Waals surface area (Å²) in [7, 11) is 0. The second-order valence-corrected chi connectivity index (χ2v) is 21.6. The van der Waals surface area contributed by atoms with Crippen molar-refractivity contribution in [2.24, 2.45) is 11.8 Å². The molecular formula is C64H158F2N2O21. The van der Waals surface area contributed by atoms with Gasteiger partial charge in [-0.1, -0.05) is 64.1 Å². The van der Waals surface area contributed by atoms with Crippen molar-refractivity contribution < 1.29 is 221 Å². The highest BCUT2D eigenvalue weighted by molar-refractivity contribution is 5.74. The lowest BCUT2D eigenvalue weighted by Gasteiger charge is -2.43. The smallest absolute Gasteiger partial charge is 0.305 e. The van der Waals surface area contributed by atoms with E-state index in [1.54, 1.807) is 54.6 Å². The highest BCUT2D eigenvalue weighted by Crippen LogP contribution is 2.37. The predicted octanol–water partition coefficient (Wildman–Crippen LogP) is 15.1. The van der Waals surface area contributed by atoms with E-state index in [0.29, 0.717) is 61.2 Å². The molecule has 0 aromatic heterocycles. The van der Waals surface area contributed by atoms with Gasteiger partial charge in [0.15, 0.2) is 0 Å². The number of benzene rings is 4. The van der Waals surface area contributed by atoms with Gasteiger partial charge in [-0.15, -0.1) is 0 Å². The molecule has 0 bridgehead atoms. The van der Waals surface area contributed by atoms with Crippen molar-refractivity contribution in [1.82, 2.24) is 10.6 Å². The van der Waals surface area contributed by atoms with Crippen molar-refractivity contribution in [2.75, 3.05) is 19.7 Å². The molecule has 0 saturated carbocycles. The van der Waals surface area contributed by atoms with Crippen LogP contribution in [0.4, 0.5) is 8.78 Å². The lowest BCUT2D eigenvalue weighted by molar-refractivity contribution is -0.281. The van der Waals surface area contributed by atoms with Crippen molar-refractivity contribution in [1.29, 1.82) is 0 Å². The fourth-order valence-corrected chi connectivity index (χ4v) is 10.5. The fourth-order valence-electron chi connectivity index (χ4n) is 10.5. The molecule has 564 valence electrons. The molecule has 3 saturated heterocycles. The number of aliphatic hydroxyl groups excluding tert-OH is 4. The van der Waals surface area contributed by atoms with Crippen LogP contribution in [0.3, 0.4) is 0 Å². The van der Waals surface area contributed by atoms with Crippen LogP contribution in [0, 0.1) is 23.5 Å². The quantitative estimate of drug-likeness (QED) is 0.0354. The minimum Gasteiger partial charge on any atom is -0.462 e. The minimum absolute atomic E-state index is 0. The van der Waals surface area contributed by atoms with Gasteiger partial charge < -0.3 is 78.4 Å². The van der Waals surface area contributed by atoms with Crippen molar-refractivity contribution in [3.63, 3.8) is 0 Å². The first kappa shape index (κ1) is 35.1. The Labute approximate surface area is 631 Å². The molecule has 23 nitrogen and oxygen atoms in total. The van der Waals surface area contributed by atoms with Gasteiger partial charge in [0, 0.05) is 185 Å². The molecule has 6 N–H and O–H groups in total. The number of aliphatic hydroxyl groups is 4. The van der Waals surface area contributed by atoms with Gasteiger partial charge in [0.25, 0.3) is 0 Å². The Morgan fingerprint density at radius 3 is 1.26 bits per heavy atom. The van der Waals surface area contributed by atoms with Crippen molar-refractivity contribution >= 4 is 41.7 Å². The standard InChI is InChI=1S/C28H34FNO7.C22H26FNO7.C14H22O7.38H2/c1-6-25-16(2)26(34-18(4)32)27(35-19(5)33)28(37-25)36-23-11-10-20(12-13-30-17(3)31)24(15-23)21-8-7-9-22(29)14-21;1-12(26)24-8-7-13-5-6-16(10-17(13)14-3-2-4-15(23)9-14)30-22-21(29)20(28)19(27)18(11-25)31-22;1-6-11-7(2)12(18-8(3)15)13(19-9(4)16)14(21-11)20-10(5)17;;;;;;;;;;;;;;;;;;;;;;;;;;;;;;;;;;;;;;/h7-11,14-16,25-28H,6,12-13H2,1-5H3,(H,30,31);2-6,9-10,18-22,25,27-29H,7-8,11H2,1H3,(H,24,26);7,11-14H,6H2,1-5H3;38*1H/t16-,25+,26-,27+,28?;18-,19+,20+,21-,22?;7-,11+,12-,13+,14+;;;;;;;;;;;;;;;;;;;;;;;;;;;;;;;;;;;;;;/m010....................................../s1/i;;;37*1+2T;1+2. The fraction of sp³-hybridized carbons (Fsp3) is 0.516. The number of halogens is 2. The summed E-state index contributed by atoms with van der Waals surface area (Å²) >= 11 is 0. The first-order valence-electron chi connectivity index (χ1n) is 66.2. The normalized spacial score (nSPS) is 29.5. The van der Waals surface area contributed by atoms with Crippen LogP contribution in [-0.4, -0.2) is 162 Å². The van der Waals surface area contributed by atoms with E-state index in [1.165, 1.54) is 72.7 Å². The van der Waals surface area contributed by atoms with Crippen LogP contribution >= 0.6 is 0 Å². The second-order valence-electron chi connectivity index (χ2n) is 21.6. The van der Waals surface area contributed by atoms with Crippen LogP contribution in [0.5, 0.6) is 11.5 Å². The number of nitrogens with one attached hydrogen (secondary N) is 2. The highest BCUT2D eigenvalue weighted by atomic mass is 19.1. The van der Waals surface area contributed by atoms with Gasteiger partial charge in [-0.05, 0) is 108 Å². The molecule has 4 aromatic rings. The van der Waals surface area contributed by atoms with E-state index in [4.69, 9.17) is 157 Å². The average molecular weight is 1480 g/mol. The first-order valence-corrected chi connectivity index (χ1v) is 29.2. The molecule has 0 radical (unpaired) electrons. The van der Waals surface area contributed by atoms with Crippen LogP contribution < -0.4 is 20.1 Å². The molecule has 89 heavy (non-hydrogen) atoms. The van der Waals surface area contributed by atoms with Crippen molar-refractivity contribution in [3.05, 3.63) is 108 Å². The third kappa shape index (κ3) is 21.3. The van der Waals surface area contributed by atoms with Gasteiger partial charge in [-0.3, -0.25) is 33.6 Å². The summed E-state index contributed by atoms with van der Waals surface area (Å²) < 4.78 is 454. The Kier molecular flexibility index (Phi) is 13.5. The number of ether oxygens (including phenoxy) is 10. The molecule has 25 heteroatoms. The average Bonchev–Trinajstić information content (AvgIpc) is 0.791. The Bertz CT molecular complexity index is 3200. The lowest BCUT2D eigenvalue weighted by Crippen LogP contribution is -2.60. The van der Waals surface area contributed by atoms with E-state index in [1.807, 2.05) is 33.8 Å². The number of hydrogen-bond donors (Lipinski definition) is 6. The largest absolute Gasteiger partial charge is 0.462 e. The maximum absolute atomic E-state index is 14.1. The number of esters is 5. The first-order chi connectivity index (χ1) is 79.1. The molecule has 0 aliphatic carbocycles. The van der Waals surface area contributed by atoms with Crippen molar-refractivity contribution in [2.45, 2.75) is 182 Å².